The molecule has 1 rings (SSSR count). The van der Waals surface area contributed by atoms with Gasteiger partial charge in [0, 0.05) is 6.42 Å². The number of aryl methyl sites for hydroxylation is 1. The van der Waals surface area contributed by atoms with E-state index in [4.69, 9.17) is 0 Å². The molecule has 1 nitrogen and oxygen atoms in total. The second-order valence-corrected chi connectivity index (χ2v) is 6.50. The zero-order chi connectivity index (χ0) is 16.4. The first-order chi connectivity index (χ1) is 10.5. The van der Waals surface area contributed by atoms with E-state index in [1.165, 1.54) is 48.8 Å². The standard InChI is InChI=1S/C21H32O/c1-5-20(14-10-8-6-7-9-13-18(3)22)16-21-15-11-12-17(2)19(21)4/h7,9,11-12,15,20H,5-6,8,10,13-14,16H2,1-4H3/b9-7-. The van der Waals surface area contributed by atoms with Crippen molar-refractivity contribution < 1.29 is 4.79 Å². The summed E-state index contributed by atoms with van der Waals surface area (Å²) in [5.74, 6) is 1.04. The van der Waals surface area contributed by atoms with Crippen LogP contribution in [0.4, 0.5) is 0 Å². The van der Waals surface area contributed by atoms with E-state index in [1.807, 2.05) is 6.08 Å². The molecule has 0 saturated heterocycles. The molecule has 22 heavy (non-hydrogen) atoms. The molecular weight excluding hydrogens is 268 g/mol. The first-order valence-electron chi connectivity index (χ1n) is 8.74. The summed E-state index contributed by atoms with van der Waals surface area (Å²) in [6.07, 6.45) is 12.2. The van der Waals surface area contributed by atoms with Crippen LogP contribution in [0.25, 0.3) is 0 Å². The summed E-state index contributed by atoms with van der Waals surface area (Å²) in [7, 11) is 0. The van der Waals surface area contributed by atoms with Gasteiger partial charge in [0.05, 0.1) is 0 Å². The lowest BCUT2D eigenvalue weighted by atomic mass is 9.89. The van der Waals surface area contributed by atoms with Crippen molar-refractivity contribution in [1.82, 2.24) is 0 Å². The van der Waals surface area contributed by atoms with E-state index >= 15 is 0 Å². The van der Waals surface area contributed by atoms with E-state index in [0.29, 0.717) is 6.42 Å². The van der Waals surface area contributed by atoms with Crippen LogP contribution in [0.15, 0.2) is 30.4 Å². The van der Waals surface area contributed by atoms with Crippen LogP contribution in [-0.4, -0.2) is 5.78 Å². The van der Waals surface area contributed by atoms with Gasteiger partial charge in [-0.3, -0.25) is 4.79 Å². The van der Waals surface area contributed by atoms with Crippen molar-refractivity contribution in [3.63, 3.8) is 0 Å². The summed E-state index contributed by atoms with van der Waals surface area (Å²) in [5.41, 5.74) is 4.39. The fourth-order valence-electron chi connectivity index (χ4n) is 2.86. The largest absolute Gasteiger partial charge is 0.300 e. The molecule has 0 bridgehead atoms. The van der Waals surface area contributed by atoms with Crippen LogP contribution in [0.1, 0.15) is 69.1 Å². The minimum Gasteiger partial charge on any atom is -0.300 e. The summed E-state index contributed by atoms with van der Waals surface area (Å²) < 4.78 is 0. The average Bonchev–Trinajstić information content (AvgIpc) is 2.49. The fraction of sp³-hybridized carbons (Fsp3) is 0.571. The molecule has 0 N–H and O–H groups in total. The maximum atomic E-state index is 10.8. The quantitative estimate of drug-likeness (QED) is 0.384. The summed E-state index contributed by atoms with van der Waals surface area (Å²) in [4.78, 5) is 10.8. The Morgan fingerprint density at radius 3 is 2.64 bits per heavy atom. The Morgan fingerprint density at radius 1 is 1.18 bits per heavy atom. The second kappa shape index (κ2) is 10.4. The zero-order valence-electron chi connectivity index (χ0n) is 14.8. The van der Waals surface area contributed by atoms with E-state index in [0.717, 1.165) is 12.3 Å². The third-order valence-corrected chi connectivity index (χ3v) is 4.61. The summed E-state index contributed by atoms with van der Waals surface area (Å²) in [5, 5.41) is 0. The van der Waals surface area contributed by atoms with Crippen LogP contribution < -0.4 is 0 Å². The van der Waals surface area contributed by atoms with Crippen molar-refractivity contribution in [2.75, 3.05) is 0 Å². The first kappa shape index (κ1) is 18.7. The number of rotatable bonds is 10. The zero-order valence-corrected chi connectivity index (χ0v) is 14.8. The highest BCUT2D eigenvalue weighted by atomic mass is 16.1. The molecule has 122 valence electrons. The molecule has 0 aliphatic rings. The van der Waals surface area contributed by atoms with Gasteiger partial charge in [-0.25, -0.2) is 0 Å². The SMILES string of the molecule is CCC(CCCC/C=C\CC(C)=O)Cc1cccc(C)c1C. The number of Topliss-reactive ketones (excluding diaryl/α,β-unsaturated/α-hetero) is 1. The van der Waals surface area contributed by atoms with E-state index in [-0.39, 0.29) is 5.78 Å². The number of ketones is 1. The Labute approximate surface area is 136 Å². The molecule has 0 aliphatic carbocycles. The van der Waals surface area contributed by atoms with Gasteiger partial charge in [0.15, 0.2) is 0 Å². The second-order valence-electron chi connectivity index (χ2n) is 6.50. The van der Waals surface area contributed by atoms with Crippen LogP contribution in [0, 0.1) is 19.8 Å². The van der Waals surface area contributed by atoms with Gasteiger partial charge in [-0.05, 0) is 62.6 Å². The minimum atomic E-state index is 0.246. The molecular formula is C21H32O. The molecule has 0 heterocycles. The number of carbonyl (C=O) groups is 1. The number of hydrogen-bond acceptors (Lipinski definition) is 1. The van der Waals surface area contributed by atoms with Gasteiger partial charge in [0.25, 0.3) is 0 Å². The number of allylic oxidation sites excluding steroid dienone is 2. The predicted molar refractivity (Wildman–Crippen MR) is 96.3 cm³/mol. The van der Waals surface area contributed by atoms with E-state index in [2.05, 4.69) is 45.0 Å². The lowest BCUT2D eigenvalue weighted by Gasteiger charge is -2.17. The van der Waals surface area contributed by atoms with Gasteiger partial charge in [0.1, 0.15) is 5.78 Å². The molecule has 0 spiro atoms. The molecule has 1 aromatic carbocycles. The summed E-state index contributed by atoms with van der Waals surface area (Å²) in [6.45, 7) is 8.40. The van der Waals surface area contributed by atoms with Crippen LogP contribution in [0.5, 0.6) is 0 Å². The monoisotopic (exact) mass is 300 g/mol. The van der Waals surface area contributed by atoms with Gasteiger partial charge in [-0.2, -0.15) is 0 Å². The van der Waals surface area contributed by atoms with Crippen LogP contribution >= 0.6 is 0 Å². The normalized spacial score (nSPS) is 12.7. The molecule has 1 atom stereocenters. The van der Waals surface area contributed by atoms with E-state index in [9.17, 15) is 4.79 Å². The van der Waals surface area contributed by atoms with Gasteiger partial charge in [-0.15, -0.1) is 0 Å². The molecule has 0 saturated carbocycles. The van der Waals surface area contributed by atoms with Crippen LogP contribution in [0.3, 0.4) is 0 Å². The molecule has 1 aromatic rings. The van der Waals surface area contributed by atoms with E-state index < -0.39 is 0 Å². The van der Waals surface area contributed by atoms with E-state index in [1.54, 1.807) is 6.92 Å². The van der Waals surface area contributed by atoms with Crippen LogP contribution in [0.2, 0.25) is 0 Å². The third kappa shape index (κ3) is 7.06. The maximum Gasteiger partial charge on any atom is 0.133 e. The average molecular weight is 300 g/mol. The minimum absolute atomic E-state index is 0.246. The van der Waals surface area contributed by atoms with Crippen molar-refractivity contribution in [2.24, 2.45) is 5.92 Å². The lowest BCUT2D eigenvalue weighted by molar-refractivity contribution is -0.116. The number of hydrogen-bond donors (Lipinski definition) is 0. The molecule has 0 fully saturated rings. The molecule has 0 aliphatic heterocycles. The molecule has 0 radical (unpaired) electrons. The first-order valence-corrected chi connectivity index (χ1v) is 8.74. The molecule has 0 amide bonds. The number of carbonyl (C=O) groups excluding carboxylic acids is 1. The van der Waals surface area contributed by atoms with Crippen LogP contribution in [-0.2, 0) is 11.2 Å². The third-order valence-electron chi connectivity index (χ3n) is 4.61. The number of unbranched alkanes of at least 4 members (excludes halogenated alkanes) is 2. The molecule has 0 aromatic heterocycles. The van der Waals surface area contributed by atoms with Crippen molar-refractivity contribution in [2.45, 2.75) is 72.6 Å². The highest BCUT2D eigenvalue weighted by Crippen LogP contribution is 2.22. The highest BCUT2D eigenvalue weighted by Gasteiger charge is 2.09. The fourth-order valence-corrected chi connectivity index (χ4v) is 2.86. The Bertz CT molecular complexity index is 485. The van der Waals surface area contributed by atoms with Crippen molar-refractivity contribution in [1.29, 1.82) is 0 Å². The topological polar surface area (TPSA) is 17.1 Å². The van der Waals surface area contributed by atoms with Crippen molar-refractivity contribution in [3.05, 3.63) is 47.0 Å². The Kier molecular flexibility index (Phi) is 8.81. The van der Waals surface area contributed by atoms with Gasteiger partial charge < -0.3 is 0 Å². The number of benzene rings is 1. The highest BCUT2D eigenvalue weighted by molar-refractivity contribution is 5.76. The summed E-state index contributed by atoms with van der Waals surface area (Å²) in [6, 6.07) is 6.67. The maximum absolute atomic E-state index is 10.8. The Balaban J connectivity index is 2.32. The predicted octanol–water partition coefficient (Wildman–Crippen LogP) is 5.97. The Hall–Kier alpha value is -1.37. The summed E-state index contributed by atoms with van der Waals surface area (Å²) >= 11 is 0. The Morgan fingerprint density at radius 2 is 1.95 bits per heavy atom. The van der Waals surface area contributed by atoms with Gasteiger partial charge in [0.2, 0.25) is 0 Å². The molecule has 1 heteroatoms. The van der Waals surface area contributed by atoms with Gasteiger partial charge in [-0.1, -0.05) is 56.5 Å². The lowest BCUT2D eigenvalue weighted by Crippen LogP contribution is -2.05. The smallest absolute Gasteiger partial charge is 0.133 e. The molecule has 1 unspecified atom stereocenters. The van der Waals surface area contributed by atoms with Crippen molar-refractivity contribution in [3.8, 4) is 0 Å². The van der Waals surface area contributed by atoms with Crippen molar-refractivity contribution >= 4 is 5.78 Å². The van der Waals surface area contributed by atoms with Gasteiger partial charge >= 0.3 is 0 Å².